The molecule has 0 saturated heterocycles. The highest BCUT2D eigenvalue weighted by atomic mass is 16.3. The minimum atomic E-state index is 0.370. The molecule has 0 atom stereocenters. The summed E-state index contributed by atoms with van der Waals surface area (Å²) in [5.41, 5.74) is 0. The van der Waals surface area contributed by atoms with Crippen molar-refractivity contribution >= 4 is 6.21 Å². The second-order valence-electron chi connectivity index (χ2n) is 2.92. The molecule has 0 saturated carbocycles. The van der Waals surface area contributed by atoms with Gasteiger partial charge in [-0.3, -0.25) is 4.99 Å². The molecule has 66 valence electrons. The summed E-state index contributed by atoms with van der Waals surface area (Å²) in [5.74, 6) is 1.28. The monoisotopic (exact) mass is 173 g/mol. The highest BCUT2D eigenvalue weighted by Gasteiger charge is 1.98. The van der Waals surface area contributed by atoms with E-state index in [1.807, 2.05) is 30.5 Å². The van der Waals surface area contributed by atoms with Crippen LogP contribution in [0.3, 0.4) is 0 Å². The standard InChI is InChI=1S/C11H11NO/c1-2-5-10(4-1)8-12-9-11-6-3-7-13-11/h1-8,10H,9H2/b12-8+. The van der Waals surface area contributed by atoms with Crippen molar-refractivity contribution in [2.75, 3.05) is 0 Å². The zero-order chi connectivity index (χ0) is 8.93. The predicted molar refractivity (Wildman–Crippen MR) is 52.7 cm³/mol. The fraction of sp³-hybridized carbons (Fsp3) is 0.182. The number of rotatable bonds is 3. The molecule has 1 aliphatic carbocycles. The first kappa shape index (κ1) is 8.05. The first-order chi connectivity index (χ1) is 6.45. The molecule has 1 aromatic rings. The molecule has 1 heterocycles. The van der Waals surface area contributed by atoms with Crippen LogP contribution in [0.5, 0.6) is 0 Å². The van der Waals surface area contributed by atoms with E-state index < -0.39 is 0 Å². The van der Waals surface area contributed by atoms with Crippen LogP contribution < -0.4 is 0 Å². The fourth-order valence-corrected chi connectivity index (χ4v) is 1.22. The molecular formula is C11H11NO. The van der Waals surface area contributed by atoms with Crippen LogP contribution in [0.4, 0.5) is 0 Å². The molecule has 0 fully saturated rings. The zero-order valence-electron chi connectivity index (χ0n) is 7.26. The molecule has 0 bridgehead atoms. The lowest BCUT2D eigenvalue weighted by molar-refractivity contribution is 0.513. The summed E-state index contributed by atoms with van der Waals surface area (Å²) in [4.78, 5) is 4.27. The van der Waals surface area contributed by atoms with Crippen LogP contribution in [0.2, 0.25) is 0 Å². The van der Waals surface area contributed by atoms with Gasteiger partial charge in [0.25, 0.3) is 0 Å². The molecule has 0 aromatic carbocycles. The maximum Gasteiger partial charge on any atom is 0.125 e. The van der Waals surface area contributed by atoms with Crippen LogP contribution in [0.1, 0.15) is 5.76 Å². The summed E-state index contributed by atoms with van der Waals surface area (Å²) >= 11 is 0. The molecule has 0 radical (unpaired) electrons. The van der Waals surface area contributed by atoms with Gasteiger partial charge in [-0.1, -0.05) is 24.3 Å². The van der Waals surface area contributed by atoms with E-state index >= 15 is 0 Å². The molecule has 2 heteroatoms. The van der Waals surface area contributed by atoms with Gasteiger partial charge in [-0.15, -0.1) is 0 Å². The lowest BCUT2D eigenvalue weighted by Crippen LogP contribution is -1.90. The van der Waals surface area contributed by atoms with Gasteiger partial charge in [-0.05, 0) is 12.1 Å². The molecule has 0 unspecified atom stereocenters. The first-order valence-corrected chi connectivity index (χ1v) is 4.32. The average Bonchev–Trinajstić information content (AvgIpc) is 2.75. The molecule has 0 amide bonds. The Hall–Kier alpha value is -1.57. The number of allylic oxidation sites excluding steroid dienone is 4. The minimum Gasteiger partial charge on any atom is -0.467 e. The molecule has 13 heavy (non-hydrogen) atoms. The Kier molecular flexibility index (Phi) is 2.41. The van der Waals surface area contributed by atoms with Crippen LogP contribution in [-0.2, 0) is 6.54 Å². The van der Waals surface area contributed by atoms with Gasteiger partial charge in [-0.25, -0.2) is 0 Å². The van der Waals surface area contributed by atoms with Crippen LogP contribution in [-0.4, -0.2) is 6.21 Å². The summed E-state index contributed by atoms with van der Waals surface area (Å²) in [6, 6.07) is 3.80. The number of furan rings is 1. The molecular weight excluding hydrogens is 162 g/mol. The molecule has 1 aromatic heterocycles. The van der Waals surface area contributed by atoms with E-state index in [4.69, 9.17) is 4.42 Å². The van der Waals surface area contributed by atoms with E-state index in [0.717, 1.165) is 5.76 Å². The van der Waals surface area contributed by atoms with Crippen LogP contribution in [0, 0.1) is 5.92 Å². The molecule has 0 N–H and O–H groups in total. The average molecular weight is 173 g/mol. The van der Waals surface area contributed by atoms with Crippen molar-refractivity contribution in [2.45, 2.75) is 6.54 Å². The first-order valence-electron chi connectivity index (χ1n) is 4.32. The molecule has 0 aliphatic heterocycles. The Morgan fingerprint density at radius 1 is 1.38 bits per heavy atom. The van der Waals surface area contributed by atoms with Gasteiger partial charge in [0.1, 0.15) is 5.76 Å². The summed E-state index contributed by atoms with van der Waals surface area (Å²) in [6.07, 6.45) is 11.9. The third kappa shape index (κ3) is 2.18. The number of aliphatic imine (C=N–C) groups is 1. The maximum atomic E-state index is 5.15. The van der Waals surface area contributed by atoms with E-state index in [1.165, 1.54) is 0 Å². The van der Waals surface area contributed by atoms with Gasteiger partial charge >= 0.3 is 0 Å². The van der Waals surface area contributed by atoms with E-state index in [9.17, 15) is 0 Å². The smallest absolute Gasteiger partial charge is 0.125 e. The Morgan fingerprint density at radius 3 is 2.92 bits per heavy atom. The second kappa shape index (κ2) is 3.90. The Balaban J connectivity index is 1.85. The largest absolute Gasteiger partial charge is 0.467 e. The number of nitrogens with zero attached hydrogens (tertiary/aromatic N) is 1. The van der Waals surface area contributed by atoms with Crippen LogP contribution in [0.15, 0.2) is 52.1 Å². The summed E-state index contributed by atoms with van der Waals surface area (Å²) < 4.78 is 5.15. The van der Waals surface area contributed by atoms with Crippen molar-refractivity contribution in [3.8, 4) is 0 Å². The molecule has 1 aliphatic rings. The van der Waals surface area contributed by atoms with E-state index in [2.05, 4.69) is 17.1 Å². The van der Waals surface area contributed by atoms with Crippen molar-refractivity contribution in [3.63, 3.8) is 0 Å². The lowest BCUT2D eigenvalue weighted by Gasteiger charge is -1.93. The van der Waals surface area contributed by atoms with Crippen molar-refractivity contribution < 1.29 is 4.42 Å². The van der Waals surface area contributed by atoms with Crippen molar-refractivity contribution in [1.29, 1.82) is 0 Å². The highest BCUT2D eigenvalue weighted by molar-refractivity contribution is 5.67. The number of hydrogen-bond acceptors (Lipinski definition) is 2. The fourth-order valence-electron chi connectivity index (χ4n) is 1.22. The SMILES string of the molecule is C1=CC(/C=N/Cc2ccco2)C=C1. The van der Waals surface area contributed by atoms with Crippen LogP contribution >= 0.6 is 0 Å². The molecule has 2 nitrogen and oxygen atoms in total. The van der Waals surface area contributed by atoms with E-state index in [-0.39, 0.29) is 0 Å². The van der Waals surface area contributed by atoms with Crippen molar-refractivity contribution in [3.05, 3.63) is 48.5 Å². The number of hydrogen-bond donors (Lipinski definition) is 0. The molecule has 0 spiro atoms. The normalized spacial score (nSPS) is 16.3. The summed E-state index contributed by atoms with van der Waals surface area (Å²) in [7, 11) is 0. The Bertz CT molecular complexity index is 321. The van der Waals surface area contributed by atoms with Gasteiger partial charge in [0.2, 0.25) is 0 Å². The lowest BCUT2D eigenvalue weighted by atomic mass is 10.2. The third-order valence-electron chi connectivity index (χ3n) is 1.88. The van der Waals surface area contributed by atoms with Gasteiger partial charge in [0, 0.05) is 12.1 Å². The topological polar surface area (TPSA) is 25.5 Å². The van der Waals surface area contributed by atoms with Gasteiger partial charge < -0.3 is 4.42 Å². The quantitative estimate of drug-likeness (QED) is 0.645. The van der Waals surface area contributed by atoms with Crippen molar-refractivity contribution in [1.82, 2.24) is 0 Å². The minimum absolute atomic E-state index is 0.370. The Labute approximate surface area is 77.3 Å². The Morgan fingerprint density at radius 2 is 2.23 bits per heavy atom. The second-order valence-corrected chi connectivity index (χ2v) is 2.92. The highest BCUT2D eigenvalue weighted by Crippen LogP contribution is 2.07. The van der Waals surface area contributed by atoms with Crippen molar-refractivity contribution in [2.24, 2.45) is 10.9 Å². The van der Waals surface area contributed by atoms with E-state index in [1.54, 1.807) is 6.26 Å². The third-order valence-corrected chi connectivity index (χ3v) is 1.88. The van der Waals surface area contributed by atoms with E-state index in [0.29, 0.717) is 12.5 Å². The van der Waals surface area contributed by atoms with Crippen LogP contribution in [0.25, 0.3) is 0 Å². The molecule has 2 rings (SSSR count). The van der Waals surface area contributed by atoms with Gasteiger partial charge in [0.15, 0.2) is 0 Å². The maximum absolute atomic E-state index is 5.15. The zero-order valence-corrected chi connectivity index (χ0v) is 7.26. The van der Waals surface area contributed by atoms with Gasteiger partial charge in [0.05, 0.1) is 12.8 Å². The predicted octanol–water partition coefficient (Wildman–Crippen LogP) is 2.59. The summed E-state index contributed by atoms with van der Waals surface area (Å²) in [5, 5.41) is 0. The summed E-state index contributed by atoms with van der Waals surface area (Å²) in [6.45, 7) is 0.630. The van der Waals surface area contributed by atoms with Gasteiger partial charge in [-0.2, -0.15) is 0 Å².